The molecule has 0 aromatic carbocycles. The third-order valence-electron chi connectivity index (χ3n) is 6.38. The van der Waals surface area contributed by atoms with Crippen LogP contribution in [-0.2, 0) is 10.2 Å². The van der Waals surface area contributed by atoms with Gasteiger partial charge in [-0.15, -0.1) is 0 Å². The molecule has 2 saturated heterocycles. The summed E-state index contributed by atoms with van der Waals surface area (Å²) in [5, 5.41) is 4.15. The molecule has 3 atom stereocenters. The van der Waals surface area contributed by atoms with Gasteiger partial charge in [-0.25, -0.2) is 4.98 Å². The fourth-order valence-electron chi connectivity index (χ4n) is 5.00. The molecule has 26 heavy (non-hydrogen) atoms. The molecule has 1 amide bonds. The number of amides is 1. The van der Waals surface area contributed by atoms with Gasteiger partial charge >= 0.3 is 0 Å². The Morgan fingerprint density at radius 2 is 2.23 bits per heavy atom. The van der Waals surface area contributed by atoms with Crippen molar-refractivity contribution in [2.24, 2.45) is 5.92 Å². The summed E-state index contributed by atoms with van der Waals surface area (Å²) < 4.78 is 5.72. The summed E-state index contributed by atoms with van der Waals surface area (Å²) >= 11 is 0. The molecule has 1 aliphatic carbocycles. The quantitative estimate of drug-likeness (QED) is 0.816. The Hall–Kier alpha value is -2.35. The summed E-state index contributed by atoms with van der Waals surface area (Å²) in [5.41, 5.74) is 0.491. The van der Waals surface area contributed by atoms with E-state index >= 15 is 0 Å². The summed E-state index contributed by atoms with van der Waals surface area (Å²) in [7, 11) is 1.89. The topological polar surface area (TPSA) is 88.2 Å². The molecular formula is C18H22N6O2. The van der Waals surface area contributed by atoms with Crippen molar-refractivity contribution in [1.82, 2.24) is 29.9 Å². The molecule has 2 aromatic rings. The average molecular weight is 354 g/mol. The standard InChI is InChI=1S/C18H22N6O2/c1-23-8-4-14(16(23)25)24-10-12-3-2-5-18(12,11-24)17-21-15(22-26-17)13-9-19-6-7-20-13/h6-7,9,12,14H,2-5,8,10-11H2,1H3/t12-,14-,18-/m1/s1. The van der Waals surface area contributed by atoms with Gasteiger partial charge in [-0.3, -0.25) is 14.7 Å². The van der Waals surface area contributed by atoms with E-state index in [1.165, 1.54) is 6.42 Å². The van der Waals surface area contributed by atoms with E-state index < -0.39 is 0 Å². The zero-order chi connectivity index (χ0) is 17.7. The molecule has 0 spiro atoms. The molecule has 0 unspecified atom stereocenters. The highest BCUT2D eigenvalue weighted by Gasteiger charge is 2.56. The maximum atomic E-state index is 12.5. The van der Waals surface area contributed by atoms with E-state index in [1.54, 1.807) is 18.6 Å². The van der Waals surface area contributed by atoms with Crippen molar-refractivity contribution in [3.8, 4) is 11.5 Å². The highest BCUT2D eigenvalue weighted by atomic mass is 16.5. The van der Waals surface area contributed by atoms with Crippen molar-refractivity contribution >= 4 is 5.91 Å². The van der Waals surface area contributed by atoms with Crippen LogP contribution in [0.1, 0.15) is 31.6 Å². The van der Waals surface area contributed by atoms with Crippen LogP contribution in [-0.4, -0.2) is 68.5 Å². The molecule has 3 fully saturated rings. The molecule has 8 heteroatoms. The summed E-state index contributed by atoms with van der Waals surface area (Å²) in [5.74, 6) is 1.90. The molecule has 0 bridgehead atoms. The highest BCUT2D eigenvalue weighted by Crippen LogP contribution is 2.51. The Labute approximate surface area is 151 Å². The second-order valence-corrected chi connectivity index (χ2v) is 7.75. The van der Waals surface area contributed by atoms with Gasteiger partial charge in [-0.1, -0.05) is 11.6 Å². The number of fused-ring (bicyclic) bond motifs is 1. The van der Waals surface area contributed by atoms with Crippen LogP contribution < -0.4 is 0 Å². The first-order chi connectivity index (χ1) is 12.7. The molecule has 5 rings (SSSR count). The van der Waals surface area contributed by atoms with Crippen molar-refractivity contribution in [1.29, 1.82) is 0 Å². The van der Waals surface area contributed by atoms with E-state index in [4.69, 9.17) is 4.52 Å². The number of hydrogen-bond donors (Lipinski definition) is 0. The third-order valence-corrected chi connectivity index (χ3v) is 6.38. The monoisotopic (exact) mass is 354 g/mol. The van der Waals surface area contributed by atoms with Gasteiger partial charge in [-0.2, -0.15) is 4.98 Å². The van der Waals surface area contributed by atoms with Crippen LogP contribution in [0, 0.1) is 5.92 Å². The molecule has 2 aromatic heterocycles. The lowest BCUT2D eigenvalue weighted by atomic mass is 9.80. The lowest BCUT2D eigenvalue weighted by Crippen LogP contribution is -2.41. The summed E-state index contributed by atoms with van der Waals surface area (Å²) in [4.78, 5) is 29.7. The fraction of sp³-hybridized carbons (Fsp3) is 0.611. The van der Waals surface area contributed by atoms with Crippen molar-refractivity contribution in [2.75, 3.05) is 26.7 Å². The number of hydrogen-bond acceptors (Lipinski definition) is 7. The van der Waals surface area contributed by atoms with Gasteiger partial charge in [0.15, 0.2) is 0 Å². The van der Waals surface area contributed by atoms with Gasteiger partial charge < -0.3 is 9.42 Å². The van der Waals surface area contributed by atoms with Crippen LogP contribution in [0.25, 0.3) is 11.5 Å². The molecule has 8 nitrogen and oxygen atoms in total. The van der Waals surface area contributed by atoms with E-state index in [1.807, 2.05) is 11.9 Å². The second-order valence-electron chi connectivity index (χ2n) is 7.75. The lowest BCUT2D eigenvalue weighted by molar-refractivity contribution is -0.130. The molecule has 0 radical (unpaired) electrons. The normalized spacial score (nSPS) is 31.7. The Morgan fingerprint density at radius 1 is 1.31 bits per heavy atom. The van der Waals surface area contributed by atoms with Gasteiger partial charge in [0.2, 0.25) is 17.6 Å². The first kappa shape index (κ1) is 15.9. The van der Waals surface area contributed by atoms with E-state index in [-0.39, 0.29) is 17.4 Å². The SMILES string of the molecule is CN1CC[C@@H](N2C[C@H]3CCC[C@@]3(c3nc(-c4cnccn4)no3)C2)C1=O. The molecule has 1 saturated carbocycles. The van der Waals surface area contributed by atoms with E-state index in [2.05, 4.69) is 25.0 Å². The zero-order valence-electron chi connectivity index (χ0n) is 14.8. The van der Waals surface area contributed by atoms with Crippen LogP contribution in [0.4, 0.5) is 0 Å². The third kappa shape index (κ3) is 2.28. The van der Waals surface area contributed by atoms with Gasteiger partial charge in [-0.05, 0) is 25.2 Å². The highest BCUT2D eigenvalue weighted by molar-refractivity contribution is 5.83. The van der Waals surface area contributed by atoms with Gasteiger partial charge in [0.1, 0.15) is 5.69 Å². The van der Waals surface area contributed by atoms with E-state index in [0.29, 0.717) is 23.3 Å². The minimum Gasteiger partial charge on any atom is -0.344 e. The van der Waals surface area contributed by atoms with E-state index in [0.717, 1.165) is 38.9 Å². The Kier molecular flexibility index (Phi) is 3.56. The Morgan fingerprint density at radius 3 is 3.00 bits per heavy atom. The van der Waals surface area contributed by atoms with Gasteiger partial charge in [0, 0.05) is 39.1 Å². The lowest BCUT2D eigenvalue weighted by Gasteiger charge is -2.26. The maximum Gasteiger partial charge on any atom is 0.239 e. The summed E-state index contributed by atoms with van der Waals surface area (Å²) in [6, 6.07) is 0.00450. The number of carbonyl (C=O) groups excluding carboxylic acids is 1. The fourth-order valence-corrected chi connectivity index (χ4v) is 5.00. The average Bonchev–Trinajstić information content (AvgIpc) is 3.40. The number of likely N-dealkylation sites (N-methyl/N-ethyl adjacent to an activating group) is 1. The first-order valence-electron chi connectivity index (χ1n) is 9.27. The Bertz CT molecular complexity index is 824. The summed E-state index contributed by atoms with van der Waals surface area (Å²) in [6.07, 6.45) is 9.16. The smallest absolute Gasteiger partial charge is 0.239 e. The molecule has 3 aliphatic rings. The van der Waals surface area contributed by atoms with Crippen LogP contribution in [0.15, 0.2) is 23.1 Å². The predicted molar refractivity (Wildman–Crippen MR) is 92.0 cm³/mol. The zero-order valence-corrected chi connectivity index (χ0v) is 14.8. The minimum atomic E-state index is -0.130. The van der Waals surface area contributed by atoms with Crippen LogP contribution in [0.3, 0.4) is 0 Å². The number of carbonyl (C=O) groups is 1. The molecular weight excluding hydrogens is 332 g/mol. The summed E-state index contributed by atoms with van der Waals surface area (Å²) in [6.45, 7) is 2.60. The number of rotatable bonds is 3. The van der Waals surface area contributed by atoms with E-state index in [9.17, 15) is 4.79 Å². The Balaban J connectivity index is 1.44. The molecule has 4 heterocycles. The van der Waals surface area contributed by atoms with Gasteiger partial charge in [0.25, 0.3) is 0 Å². The van der Waals surface area contributed by atoms with Crippen LogP contribution in [0.2, 0.25) is 0 Å². The van der Waals surface area contributed by atoms with Crippen molar-refractivity contribution in [3.05, 3.63) is 24.5 Å². The molecule has 136 valence electrons. The van der Waals surface area contributed by atoms with Crippen molar-refractivity contribution in [3.63, 3.8) is 0 Å². The number of nitrogens with zero attached hydrogens (tertiary/aromatic N) is 6. The van der Waals surface area contributed by atoms with Gasteiger partial charge in [0.05, 0.1) is 17.7 Å². The maximum absolute atomic E-state index is 12.5. The van der Waals surface area contributed by atoms with Crippen molar-refractivity contribution < 1.29 is 9.32 Å². The minimum absolute atomic E-state index is 0.00450. The second kappa shape index (κ2) is 5.84. The largest absolute Gasteiger partial charge is 0.344 e. The number of aromatic nitrogens is 4. The van der Waals surface area contributed by atoms with Crippen LogP contribution >= 0.6 is 0 Å². The first-order valence-corrected chi connectivity index (χ1v) is 9.27. The predicted octanol–water partition coefficient (Wildman–Crippen LogP) is 1.11. The van der Waals surface area contributed by atoms with Crippen LogP contribution in [0.5, 0.6) is 0 Å². The molecule has 2 aliphatic heterocycles. The van der Waals surface area contributed by atoms with Crippen molar-refractivity contribution in [2.45, 2.75) is 37.1 Å². The molecule has 0 N–H and O–H groups in total. The number of likely N-dealkylation sites (tertiary alicyclic amines) is 2.